The second-order valence-electron chi connectivity index (χ2n) is 6.35. The second-order valence-corrected chi connectivity index (χ2v) is 7.21. The minimum Gasteiger partial charge on any atom is -0.378 e. The highest BCUT2D eigenvalue weighted by molar-refractivity contribution is 7.14. The fraction of sp³-hybridized carbons (Fsp3) is 0.250. The first kappa shape index (κ1) is 18.4. The summed E-state index contributed by atoms with van der Waals surface area (Å²) in [6, 6.07) is 12.0. The molecule has 28 heavy (non-hydrogen) atoms. The molecule has 4 rings (SSSR count). The Morgan fingerprint density at radius 1 is 1.18 bits per heavy atom. The average molecular weight is 395 g/mol. The molecule has 1 fully saturated rings. The van der Waals surface area contributed by atoms with Gasteiger partial charge < -0.3 is 20.3 Å². The summed E-state index contributed by atoms with van der Waals surface area (Å²) in [5, 5.41) is 8.55. The van der Waals surface area contributed by atoms with Gasteiger partial charge in [0.25, 0.3) is 5.91 Å². The molecule has 1 aromatic carbocycles. The van der Waals surface area contributed by atoms with Crippen molar-refractivity contribution in [3.63, 3.8) is 0 Å². The standard InChI is InChI=1S/C20H21N5O2S/c26-19(22-13-15-2-1-7-21-12-15)18-14-28-20(24-18)23-16-3-5-17(6-4-16)25-8-10-27-11-9-25/h1-7,12,14H,8-11,13H2,(H,22,26)(H,23,24). The molecule has 0 radical (unpaired) electrons. The maximum Gasteiger partial charge on any atom is 0.271 e. The maximum atomic E-state index is 12.3. The fourth-order valence-corrected chi connectivity index (χ4v) is 3.62. The van der Waals surface area contributed by atoms with Crippen LogP contribution in [0.4, 0.5) is 16.5 Å². The number of benzene rings is 1. The minimum atomic E-state index is -0.198. The van der Waals surface area contributed by atoms with Crippen molar-refractivity contribution in [2.75, 3.05) is 36.5 Å². The van der Waals surface area contributed by atoms with Crippen LogP contribution in [-0.2, 0) is 11.3 Å². The van der Waals surface area contributed by atoms with Crippen LogP contribution in [0, 0.1) is 0 Å². The zero-order chi connectivity index (χ0) is 19.2. The number of anilines is 3. The van der Waals surface area contributed by atoms with E-state index >= 15 is 0 Å². The molecule has 7 nitrogen and oxygen atoms in total. The summed E-state index contributed by atoms with van der Waals surface area (Å²) < 4.78 is 5.39. The third kappa shape index (κ3) is 4.65. The zero-order valence-electron chi connectivity index (χ0n) is 15.3. The number of carbonyl (C=O) groups is 1. The highest BCUT2D eigenvalue weighted by Gasteiger charge is 2.12. The van der Waals surface area contributed by atoms with Crippen molar-refractivity contribution in [2.45, 2.75) is 6.54 Å². The Morgan fingerprint density at radius 2 is 2.00 bits per heavy atom. The van der Waals surface area contributed by atoms with E-state index in [0.717, 1.165) is 37.6 Å². The number of aromatic nitrogens is 2. The lowest BCUT2D eigenvalue weighted by atomic mass is 10.2. The smallest absolute Gasteiger partial charge is 0.271 e. The number of amides is 1. The molecule has 0 saturated carbocycles. The molecular weight excluding hydrogens is 374 g/mol. The normalized spacial score (nSPS) is 13.9. The molecule has 3 aromatic rings. The van der Waals surface area contributed by atoms with E-state index in [4.69, 9.17) is 4.74 Å². The number of thiazole rings is 1. The molecule has 0 spiro atoms. The molecule has 1 saturated heterocycles. The van der Waals surface area contributed by atoms with Crippen LogP contribution < -0.4 is 15.5 Å². The van der Waals surface area contributed by atoms with E-state index in [2.05, 4.69) is 37.6 Å². The predicted molar refractivity (Wildman–Crippen MR) is 110 cm³/mol. The van der Waals surface area contributed by atoms with Crippen LogP contribution in [0.25, 0.3) is 0 Å². The first-order chi connectivity index (χ1) is 13.8. The first-order valence-electron chi connectivity index (χ1n) is 9.10. The molecule has 1 aliphatic rings. The van der Waals surface area contributed by atoms with Crippen molar-refractivity contribution in [1.82, 2.24) is 15.3 Å². The summed E-state index contributed by atoms with van der Waals surface area (Å²) >= 11 is 1.40. The Balaban J connectivity index is 1.33. The van der Waals surface area contributed by atoms with Crippen LogP contribution in [0.1, 0.15) is 16.1 Å². The van der Waals surface area contributed by atoms with E-state index in [9.17, 15) is 4.79 Å². The first-order valence-corrected chi connectivity index (χ1v) is 9.98. The van der Waals surface area contributed by atoms with Gasteiger partial charge in [-0.25, -0.2) is 4.98 Å². The molecule has 2 aromatic heterocycles. The van der Waals surface area contributed by atoms with Crippen LogP contribution in [0.2, 0.25) is 0 Å². The summed E-state index contributed by atoms with van der Waals surface area (Å²) in [6.07, 6.45) is 3.44. The van der Waals surface area contributed by atoms with Gasteiger partial charge in [0.1, 0.15) is 5.69 Å². The number of rotatable bonds is 6. The topological polar surface area (TPSA) is 79.4 Å². The van der Waals surface area contributed by atoms with Crippen LogP contribution in [0.3, 0.4) is 0 Å². The van der Waals surface area contributed by atoms with Crippen LogP contribution in [-0.4, -0.2) is 42.2 Å². The summed E-state index contributed by atoms with van der Waals surface area (Å²) in [6.45, 7) is 3.79. The number of hydrogen-bond acceptors (Lipinski definition) is 7. The van der Waals surface area contributed by atoms with E-state index in [1.807, 2.05) is 24.3 Å². The van der Waals surface area contributed by atoms with Gasteiger partial charge in [-0.1, -0.05) is 6.07 Å². The second kappa shape index (κ2) is 8.81. The van der Waals surface area contributed by atoms with Gasteiger partial charge in [-0.05, 0) is 35.9 Å². The van der Waals surface area contributed by atoms with Crippen LogP contribution in [0.5, 0.6) is 0 Å². The molecule has 3 heterocycles. The highest BCUT2D eigenvalue weighted by atomic mass is 32.1. The Bertz CT molecular complexity index is 908. The summed E-state index contributed by atoms with van der Waals surface area (Å²) in [7, 11) is 0. The van der Waals surface area contributed by atoms with Gasteiger partial charge >= 0.3 is 0 Å². The molecule has 0 unspecified atom stereocenters. The van der Waals surface area contributed by atoms with Crippen LogP contribution in [0.15, 0.2) is 54.2 Å². The van der Waals surface area contributed by atoms with Crippen molar-refractivity contribution in [3.05, 3.63) is 65.4 Å². The Kier molecular flexibility index (Phi) is 5.79. The Hall–Kier alpha value is -2.97. The van der Waals surface area contributed by atoms with Gasteiger partial charge in [0.05, 0.1) is 13.2 Å². The van der Waals surface area contributed by atoms with E-state index in [-0.39, 0.29) is 5.91 Å². The number of pyridine rings is 1. The lowest BCUT2D eigenvalue weighted by molar-refractivity contribution is 0.0946. The summed E-state index contributed by atoms with van der Waals surface area (Å²) in [5.41, 5.74) is 3.48. The highest BCUT2D eigenvalue weighted by Crippen LogP contribution is 2.24. The number of ether oxygens (including phenoxy) is 1. The lowest BCUT2D eigenvalue weighted by Gasteiger charge is -2.28. The number of carbonyl (C=O) groups excluding carboxylic acids is 1. The van der Waals surface area contributed by atoms with Crippen molar-refractivity contribution >= 4 is 33.8 Å². The summed E-state index contributed by atoms with van der Waals surface area (Å²) in [4.78, 5) is 23.0. The largest absolute Gasteiger partial charge is 0.378 e. The molecule has 8 heteroatoms. The van der Waals surface area contributed by atoms with Crippen molar-refractivity contribution < 1.29 is 9.53 Å². The lowest BCUT2D eigenvalue weighted by Crippen LogP contribution is -2.36. The average Bonchev–Trinajstić information content (AvgIpc) is 3.22. The third-order valence-corrected chi connectivity index (χ3v) is 5.17. The quantitative estimate of drug-likeness (QED) is 0.668. The van der Waals surface area contributed by atoms with Crippen molar-refractivity contribution in [3.8, 4) is 0 Å². The third-order valence-electron chi connectivity index (χ3n) is 4.41. The number of hydrogen-bond donors (Lipinski definition) is 2. The predicted octanol–water partition coefficient (Wildman–Crippen LogP) is 3.05. The van der Waals surface area contributed by atoms with Gasteiger partial charge in [-0.15, -0.1) is 11.3 Å². The maximum absolute atomic E-state index is 12.3. The monoisotopic (exact) mass is 395 g/mol. The van der Waals surface area contributed by atoms with E-state index in [1.165, 1.54) is 17.0 Å². The van der Waals surface area contributed by atoms with E-state index in [1.54, 1.807) is 17.8 Å². The number of morpholine rings is 1. The molecule has 0 aliphatic carbocycles. The molecule has 0 atom stereocenters. The van der Waals surface area contributed by atoms with Crippen LogP contribution >= 0.6 is 11.3 Å². The van der Waals surface area contributed by atoms with Gasteiger partial charge in [0.2, 0.25) is 0 Å². The van der Waals surface area contributed by atoms with Gasteiger partial charge in [-0.2, -0.15) is 0 Å². The molecule has 1 aliphatic heterocycles. The molecule has 144 valence electrons. The molecule has 0 bridgehead atoms. The molecular formula is C20H21N5O2S. The van der Waals surface area contributed by atoms with Crippen molar-refractivity contribution in [1.29, 1.82) is 0 Å². The zero-order valence-corrected chi connectivity index (χ0v) is 16.1. The minimum absolute atomic E-state index is 0.198. The molecule has 1 amide bonds. The Morgan fingerprint density at radius 3 is 2.75 bits per heavy atom. The van der Waals surface area contributed by atoms with Gasteiger partial charge in [0, 0.05) is 48.8 Å². The molecule has 2 N–H and O–H groups in total. The number of nitrogens with one attached hydrogen (secondary N) is 2. The Labute approximate surface area is 167 Å². The SMILES string of the molecule is O=C(NCc1cccnc1)c1csc(Nc2ccc(N3CCOCC3)cc2)n1. The number of nitrogens with zero attached hydrogens (tertiary/aromatic N) is 3. The van der Waals surface area contributed by atoms with Gasteiger partial charge in [0.15, 0.2) is 5.13 Å². The van der Waals surface area contributed by atoms with Crippen molar-refractivity contribution in [2.24, 2.45) is 0 Å². The van der Waals surface area contributed by atoms with E-state index < -0.39 is 0 Å². The van der Waals surface area contributed by atoms with E-state index in [0.29, 0.717) is 17.4 Å². The fourth-order valence-electron chi connectivity index (χ4n) is 2.91. The summed E-state index contributed by atoms with van der Waals surface area (Å²) in [5.74, 6) is -0.198. The van der Waals surface area contributed by atoms with Gasteiger partial charge in [-0.3, -0.25) is 9.78 Å².